The summed E-state index contributed by atoms with van der Waals surface area (Å²) in [7, 11) is 3.17. The Labute approximate surface area is 150 Å². The van der Waals surface area contributed by atoms with Gasteiger partial charge in [-0.2, -0.15) is 0 Å². The molecule has 7 nitrogen and oxygen atoms in total. The van der Waals surface area contributed by atoms with Gasteiger partial charge in [-0.25, -0.2) is 0 Å². The quantitative estimate of drug-likeness (QED) is 0.850. The van der Waals surface area contributed by atoms with Crippen LogP contribution in [0.3, 0.4) is 0 Å². The molecule has 0 radical (unpaired) electrons. The monoisotopic (exact) mass is 359 g/mol. The highest BCUT2D eigenvalue weighted by molar-refractivity contribution is 5.78. The summed E-state index contributed by atoms with van der Waals surface area (Å²) in [6, 6.07) is 5.02. The maximum absolute atomic E-state index is 12.2. The molecule has 1 N–H and O–H groups in total. The van der Waals surface area contributed by atoms with Crippen LogP contribution < -0.4 is 25.0 Å². The van der Waals surface area contributed by atoms with E-state index in [0.717, 1.165) is 24.0 Å². The van der Waals surface area contributed by atoms with Crippen LogP contribution in [0, 0.1) is 6.92 Å². The van der Waals surface area contributed by atoms with E-state index in [2.05, 4.69) is 5.32 Å². The maximum Gasteiger partial charge on any atom is 0.258 e. The second-order valence-corrected chi connectivity index (χ2v) is 6.07. The highest BCUT2D eigenvalue weighted by atomic mass is 16.5. The molecule has 1 amide bonds. The summed E-state index contributed by atoms with van der Waals surface area (Å²) in [4.78, 5) is 24.0. The van der Waals surface area contributed by atoms with Crippen LogP contribution in [0.1, 0.15) is 29.3 Å². The Kier molecular flexibility index (Phi) is 5.16. The van der Waals surface area contributed by atoms with E-state index in [1.807, 2.05) is 12.1 Å². The summed E-state index contributed by atoms with van der Waals surface area (Å²) in [5.41, 5.74) is 1.81. The standard InChI is InChI=1S/C19H21NO6/c1-11-6-15(21)18(9-25-11)26-10-19(22)20-14-5-4-12-7-16(23-2)17(24-3)8-13(12)14/h6-9,14H,4-5,10H2,1-3H3,(H,20,22)/t14-/m0/s1. The van der Waals surface area contributed by atoms with Gasteiger partial charge in [0, 0.05) is 6.07 Å². The zero-order valence-corrected chi connectivity index (χ0v) is 15.0. The lowest BCUT2D eigenvalue weighted by Gasteiger charge is -2.16. The molecule has 0 unspecified atom stereocenters. The molecule has 0 saturated heterocycles. The average Bonchev–Trinajstić information content (AvgIpc) is 3.01. The lowest BCUT2D eigenvalue weighted by Crippen LogP contribution is -2.32. The number of aryl methyl sites for hydroxylation is 2. The van der Waals surface area contributed by atoms with Gasteiger partial charge in [0.15, 0.2) is 18.1 Å². The molecule has 1 heterocycles. The number of hydrogen-bond donors (Lipinski definition) is 1. The van der Waals surface area contributed by atoms with E-state index < -0.39 is 0 Å². The van der Waals surface area contributed by atoms with Gasteiger partial charge in [0.1, 0.15) is 12.0 Å². The van der Waals surface area contributed by atoms with E-state index >= 15 is 0 Å². The van der Waals surface area contributed by atoms with Crippen molar-refractivity contribution in [2.24, 2.45) is 0 Å². The van der Waals surface area contributed by atoms with E-state index in [9.17, 15) is 9.59 Å². The number of rotatable bonds is 6. The molecule has 1 atom stereocenters. The molecule has 0 spiro atoms. The molecule has 3 rings (SSSR count). The first kappa shape index (κ1) is 17.8. The molecule has 0 saturated carbocycles. The van der Waals surface area contributed by atoms with Gasteiger partial charge in [-0.3, -0.25) is 9.59 Å². The highest BCUT2D eigenvalue weighted by Gasteiger charge is 2.26. The molecule has 0 aliphatic heterocycles. The Hall–Kier alpha value is -2.96. The number of carbonyl (C=O) groups excluding carboxylic acids is 1. The third kappa shape index (κ3) is 3.66. The average molecular weight is 359 g/mol. The first-order valence-electron chi connectivity index (χ1n) is 8.28. The number of carbonyl (C=O) groups is 1. The largest absolute Gasteiger partial charge is 0.493 e. The van der Waals surface area contributed by atoms with Crippen LogP contribution in [-0.2, 0) is 11.2 Å². The molecule has 1 aliphatic carbocycles. The van der Waals surface area contributed by atoms with Crippen molar-refractivity contribution in [1.82, 2.24) is 5.32 Å². The third-order valence-electron chi connectivity index (χ3n) is 4.35. The zero-order valence-electron chi connectivity index (χ0n) is 15.0. The van der Waals surface area contributed by atoms with E-state index in [0.29, 0.717) is 17.3 Å². The fraction of sp³-hybridized carbons (Fsp3) is 0.368. The molecule has 2 aromatic rings. The van der Waals surface area contributed by atoms with Gasteiger partial charge >= 0.3 is 0 Å². The number of hydrogen-bond acceptors (Lipinski definition) is 6. The first-order chi connectivity index (χ1) is 12.5. The highest BCUT2D eigenvalue weighted by Crippen LogP contribution is 2.39. The maximum atomic E-state index is 12.2. The number of fused-ring (bicyclic) bond motifs is 1. The number of ether oxygens (including phenoxy) is 3. The summed E-state index contributed by atoms with van der Waals surface area (Å²) in [5, 5.41) is 2.93. The lowest BCUT2D eigenvalue weighted by atomic mass is 10.1. The van der Waals surface area contributed by atoms with Crippen LogP contribution >= 0.6 is 0 Å². The Morgan fingerprint density at radius 3 is 2.62 bits per heavy atom. The van der Waals surface area contributed by atoms with Gasteiger partial charge in [-0.15, -0.1) is 0 Å². The summed E-state index contributed by atoms with van der Waals surface area (Å²) in [6.45, 7) is 1.41. The zero-order chi connectivity index (χ0) is 18.7. The Balaban J connectivity index is 1.65. The second kappa shape index (κ2) is 7.51. The fourth-order valence-corrected chi connectivity index (χ4v) is 3.06. The third-order valence-corrected chi connectivity index (χ3v) is 4.35. The van der Waals surface area contributed by atoms with Gasteiger partial charge < -0.3 is 23.9 Å². The number of methoxy groups -OCH3 is 2. The van der Waals surface area contributed by atoms with Gasteiger partial charge in [0.2, 0.25) is 11.2 Å². The van der Waals surface area contributed by atoms with Crippen molar-refractivity contribution >= 4 is 5.91 Å². The van der Waals surface area contributed by atoms with Crippen LogP contribution in [0.15, 0.2) is 33.7 Å². The summed E-state index contributed by atoms with van der Waals surface area (Å²) in [5.74, 6) is 1.49. The van der Waals surface area contributed by atoms with Crippen LogP contribution in [0.5, 0.6) is 17.2 Å². The van der Waals surface area contributed by atoms with Crippen LogP contribution in [0.4, 0.5) is 0 Å². The topological polar surface area (TPSA) is 87.0 Å². The number of benzene rings is 1. The Morgan fingerprint density at radius 1 is 1.19 bits per heavy atom. The van der Waals surface area contributed by atoms with E-state index in [-0.39, 0.29) is 29.7 Å². The predicted octanol–water partition coefficient (Wildman–Crippen LogP) is 2.15. The number of amides is 1. The van der Waals surface area contributed by atoms with Crippen LogP contribution in [0.2, 0.25) is 0 Å². The summed E-state index contributed by atoms with van der Waals surface area (Å²) < 4.78 is 21.0. The van der Waals surface area contributed by atoms with Crippen molar-refractivity contribution in [2.75, 3.05) is 20.8 Å². The van der Waals surface area contributed by atoms with Gasteiger partial charge in [-0.05, 0) is 43.0 Å². The molecular weight excluding hydrogens is 338 g/mol. The molecule has 0 fully saturated rings. The molecule has 26 heavy (non-hydrogen) atoms. The lowest BCUT2D eigenvalue weighted by molar-refractivity contribution is -0.123. The van der Waals surface area contributed by atoms with Gasteiger partial charge in [0.25, 0.3) is 5.91 Å². The van der Waals surface area contributed by atoms with E-state index in [1.54, 1.807) is 21.1 Å². The Bertz CT molecular complexity index is 873. The van der Waals surface area contributed by atoms with Crippen molar-refractivity contribution < 1.29 is 23.4 Å². The normalized spacial score (nSPS) is 15.3. The van der Waals surface area contributed by atoms with Crippen LogP contribution in [-0.4, -0.2) is 26.7 Å². The van der Waals surface area contributed by atoms with E-state index in [1.165, 1.54) is 12.3 Å². The molecular formula is C19H21NO6. The second-order valence-electron chi connectivity index (χ2n) is 6.07. The molecule has 1 aliphatic rings. The molecule has 0 bridgehead atoms. The Morgan fingerprint density at radius 2 is 1.92 bits per heavy atom. The van der Waals surface area contributed by atoms with Crippen molar-refractivity contribution in [3.63, 3.8) is 0 Å². The van der Waals surface area contributed by atoms with Crippen LogP contribution in [0.25, 0.3) is 0 Å². The fourth-order valence-electron chi connectivity index (χ4n) is 3.06. The SMILES string of the molecule is COc1cc2c(cc1OC)[C@@H](NC(=O)COc1coc(C)cc1=O)CC2. The predicted molar refractivity (Wildman–Crippen MR) is 94.0 cm³/mol. The first-order valence-corrected chi connectivity index (χ1v) is 8.28. The molecule has 7 heteroatoms. The summed E-state index contributed by atoms with van der Waals surface area (Å²) in [6.07, 6.45) is 2.83. The van der Waals surface area contributed by atoms with Crippen molar-refractivity contribution in [1.29, 1.82) is 0 Å². The van der Waals surface area contributed by atoms with Gasteiger partial charge in [-0.1, -0.05) is 0 Å². The van der Waals surface area contributed by atoms with Crippen molar-refractivity contribution in [3.8, 4) is 17.2 Å². The minimum atomic E-state index is -0.315. The van der Waals surface area contributed by atoms with Crippen molar-refractivity contribution in [2.45, 2.75) is 25.8 Å². The number of nitrogens with one attached hydrogen (secondary N) is 1. The summed E-state index contributed by atoms with van der Waals surface area (Å²) >= 11 is 0. The van der Waals surface area contributed by atoms with E-state index in [4.69, 9.17) is 18.6 Å². The molecule has 138 valence electrons. The molecule has 1 aromatic heterocycles. The van der Waals surface area contributed by atoms with Gasteiger partial charge in [0.05, 0.1) is 20.3 Å². The van der Waals surface area contributed by atoms with Crippen molar-refractivity contribution in [3.05, 3.63) is 51.6 Å². The smallest absolute Gasteiger partial charge is 0.258 e. The minimum Gasteiger partial charge on any atom is -0.493 e. The minimum absolute atomic E-state index is 0.0176. The molecule has 1 aromatic carbocycles.